The van der Waals surface area contributed by atoms with Gasteiger partial charge in [0.1, 0.15) is 5.75 Å². The van der Waals surface area contributed by atoms with Crippen molar-refractivity contribution in [3.8, 4) is 16.9 Å². The zero-order chi connectivity index (χ0) is 22.0. The van der Waals surface area contributed by atoms with E-state index in [9.17, 15) is 9.59 Å². The number of primary amides is 1. The van der Waals surface area contributed by atoms with E-state index >= 15 is 0 Å². The van der Waals surface area contributed by atoms with E-state index in [-0.39, 0.29) is 0 Å². The number of nitrogens with two attached hydrogens (primary N) is 1. The Kier molecular flexibility index (Phi) is 5.58. The molecule has 2 aromatic carbocycles. The van der Waals surface area contributed by atoms with E-state index in [2.05, 4.69) is 24.3 Å². The van der Waals surface area contributed by atoms with Crippen LogP contribution in [0.2, 0.25) is 0 Å². The van der Waals surface area contributed by atoms with Crippen molar-refractivity contribution in [2.75, 3.05) is 6.61 Å². The molecular formula is C26H24N2O3. The Morgan fingerprint density at radius 3 is 2.39 bits per heavy atom. The Labute approximate surface area is 181 Å². The highest BCUT2D eigenvalue weighted by atomic mass is 16.5. The van der Waals surface area contributed by atoms with Crippen LogP contribution in [0.15, 0.2) is 72.9 Å². The van der Waals surface area contributed by atoms with Gasteiger partial charge < -0.3 is 14.9 Å². The van der Waals surface area contributed by atoms with Gasteiger partial charge in [0.2, 0.25) is 0 Å². The van der Waals surface area contributed by atoms with Gasteiger partial charge in [-0.1, -0.05) is 54.6 Å². The minimum atomic E-state index is -0.974. The van der Waals surface area contributed by atoms with Gasteiger partial charge >= 0.3 is 0 Å². The maximum Gasteiger partial charge on any atom is 0.289 e. The molecule has 0 spiro atoms. The number of carbonyl (C=O) groups excluding carboxylic acids is 2. The van der Waals surface area contributed by atoms with Crippen molar-refractivity contribution in [3.05, 3.63) is 95.3 Å². The molecule has 1 amide bonds. The van der Waals surface area contributed by atoms with E-state index in [1.165, 1.54) is 0 Å². The van der Waals surface area contributed by atoms with Crippen LogP contribution >= 0.6 is 0 Å². The van der Waals surface area contributed by atoms with Crippen LogP contribution in [-0.2, 0) is 11.2 Å². The van der Waals surface area contributed by atoms with Crippen LogP contribution in [0.25, 0.3) is 16.6 Å². The largest absolute Gasteiger partial charge is 0.492 e. The second-order valence-corrected chi connectivity index (χ2v) is 7.36. The quantitative estimate of drug-likeness (QED) is 0.357. The van der Waals surface area contributed by atoms with Gasteiger partial charge in [0.05, 0.1) is 17.7 Å². The lowest BCUT2D eigenvalue weighted by Gasteiger charge is -2.12. The minimum absolute atomic E-state index is 0.309. The molecule has 0 atom stereocenters. The molecule has 5 nitrogen and oxygen atoms in total. The molecule has 0 aliphatic heterocycles. The van der Waals surface area contributed by atoms with Crippen molar-refractivity contribution >= 4 is 17.2 Å². The molecule has 0 bridgehead atoms. The molecule has 0 aliphatic rings. The smallest absolute Gasteiger partial charge is 0.289 e. The summed E-state index contributed by atoms with van der Waals surface area (Å²) >= 11 is 0. The van der Waals surface area contributed by atoms with Gasteiger partial charge in [-0.25, -0.2) is 0 Å². The SMILES string of the molecule is CCOc1cccn2c(Cc3ccccc3-c3ccccc3)c(C)c(C(=O)C(N)=O)c12. The number of hydrogen-bond donors (Lipinski definition) is 1. The fourth-order valence-corrected chi connectivity index (χ4v) is 4.10. The fraction of sp³-hybridized carbons (Fsp3) is 0.154. The molecule has 5 heteroatoms. The van der Waals surface area contributed by atoms with E-state index in [1.807, 2.05) is 60.8 Å². The summed E-state index contributed by atoms with van der Waals surface area (Å²) in [6.45, 7) is 4.19. The number of ketones is 1. The number of benzene rings is 2. The Balaban J connectivity index is 1.93. The predicted molar refractivity (Wildman–Crippen MR) is 122 cm³/mol. The molecular weight excluding hydrogens is 388 g/mol. The summed E-state index contributed by atoms with van der Waals surface area (Å²) in [6.07, 6.45) is 2.47. The van der Waals surface area contributed by atoms with Crippen LogP contribution in [0.5, 0.6) is 5.75 Å². The molecule has 0 saturated heterocycles. The first-order valence-corrected chi connectivity index (χ1v) is 10.3. The Hall–Kier alpha value is -3.86. The number of hydrogen-bond acceptors (Lipinski definition) is 3. The first kappa shape index (κ1) is 20.4. The maximum atomic E-state index is 12.7. The molecule has 2 N–H and O–H groups in total. The van der Waals surface area contributed by atoms with Gasteiger partial charge in [-0.15, -0.1) is 0 Å². The van der Waals surface area contributed by atoms with E-state index in [0.717, 1.165) is 27.9 Å². The van der Waals surface area contributed by atoms with Crippen LogP contribution in [0.4, 0.5) is 0 Å². The van der Waals surface area contributed by atoms with Crippen molar-refractivity contribution < 1.29 is 14.3 Å². The number of ether oxygens (including phenoxy) is 1. The third kappa shape index (κ3) is 3.70. The Morgan fingerprint density at radius 2 is 1.68 bits per heavy atom. The van der Waals surface area contributed by atoms with Gasteiger partial charge in [-0.05, 0) is 48.2 Å². The lowest BCUT2D eigenvalue weighted by Crippen LogP contribution is -2.23. The predicted octanol–water partition coefficient (Wildman–Crippen LogP) is 4.57. The number of fused-ring (bicyclic) bond motifs is 1. The molecule has 2 aromatic heterocycles. The number of carbonyl (C=O) groups is 2. The number of nitrogens with zero attached hydrogens (tertiary/aromatic N) is 1. The fourth-order valence-electron chi connectivity index (χ4n) is 4.10. The second kappa shape index (κ2) is 8.48. The molecule has 0 saturated carbocycles. The summed E-state index contributed by atoms with van der Waals surface area (Å²) in [4.78, 5) is 24.5. The average Bonchev–Trinajstić information content (AvgIpc) is 3.06. The number of aromatic nitrogens is 1. The lowest BCUT2D eigenvalue weighted by atomic mass is 9.95. The first-order chi connectivity index (χ1) is 15.0. The number of Topliss-reactive ketones (excluding diaryl/α,β-unsaturated/α-hetero) is 1. The molecule has 0 radical (unpaired) electrons. The molecule has 0 aliphatic carbocycles. The van der Waals surface area contributed by atoms with E-state index in [4.69, 9.17) is 10.5 Å². The van der Waals surface area contributed by atoms with Crippen molar-refractivity contribution in [1.29, 1.82) is 0 Å². The molecule has 2 heterocycles. The summed E-state index contributed by atoms with van der Waals surface area (Å²) in [5.74, 6) is -1.12. The third-order valence-corrected chi connectivity index (χ3v) is 5.50. The zero-order valence-electron chi connectivity index (χ0n) is 17.6. The molecule has 0 unspecified atom stereocenters. The number of amides is 1. The van der Waals surface area contributed by atoms with E-state index in [1.54, 1.807) is 6.07 Å². The van der Waals surface area contributed by atoms with Gasteiger partial charge in [0.15, 0.2) is 0 Å². The van der Waals surface area contributed by atoms with Crippen LogP contribution in [0, 0.1) is 6.92 Å². The first-order valence-electron chi connectivity index (χ1n) is 10.3. The third-order valence-electron chi connectivity index (χ3n) is 5.50. The summed E-state index contributed by atoms with van der Waals surface area (Å²) in [7, 11) is 0. The number of rotatable bonds is 7. The van der Waals surface area contributed by atoms with Crippen molar-refractivity contribution in [2.24, 2.45) is 5.73 Å². The van der Waals surface area contributed by atoms with Crippen molar-refractivity contribution in [3.63, 3.8) is 0 Å². The monoisotopic (exact) mass is 412 g/mol. The standard InChI is InChI=1S/C26H24N2O3/c1-3-31-22-14-9-15-28-21(17(2)23(24(22)28)25(29)26(27)30)16-19-12-7-8-13-20(19)18-10-5-4-6-11-18/h4-15H,3,16H2,1-2H3,(H2,27,30). The highest BCUT2D eigenvalue weighted by molar-refractivity contribution is 6.44. The summed E-state index contributed by atoms with van der Waals surface area (Å²) in [5, 5.41) is 0. The summed E-state index contributed by atoms with van der Waals surface area (Å²) in [6, 6.07) is 22.1. The van der Waals surface area contributed by atoms with Gasteiger partial charge in [0, 0.05) is 18.3 Å². The molecule has 0 fully saturated rings. The van der Waals surface area contributed by atoms with Crippen LogP contribution < -0.4 is 10.5 Å². The van der Waals surface area contributed by atoms with E-state index < -0.39 is 11.7 Å². The van der Waals surface area contributed by atoms with Gasteiger partial charge in [-0.2, -0.15) is 0 Å². The second-order valence-electron chi connectivity index (χ2n) is 7.36. The normalized spacial score (nSPS) is 10.9. The molecule has 156 valence electrons. The van der Waals surface area contributed by atoms with Gasteiger partial charge in [0.25, 0.3) is 11.7 Å². The van der Waals surface area contributed by atoms with Crippen LogP contribution in [-0.4, -0.2) is 22.7 Å². The highest BCUT2D eigenvalue weighted by Gasteiger charge is 2.26. The Bertz CT molecular complexity index is 1270. The van der Waals surface area contributed by atoms with Crippen molar-refractivity contribution in [1.82, 2.24) is 4.40 Å². The highest BCUT2D eigenvalue weighted by Crippen LogP contribution is 2.34. The summed E-state index contributed by atoms with van der Waals surface area (Å²) in [5.41, 5.74) is 11.3. The average molecular weight is 412 g/mol. The number of pyridine rings is 1. The molecule has 4 aromatic rings. The van der Waals surface area contributed by atoms with Crippen LogP contribution in [0.1, 0.15) is 34.1 Å². The van der Waals surface area contributed by atoms with Gasteiger partial charge in [-0.3, -0.25) is 9.59 Å². The lowest BCUT2D eigenvalue weighted by molar-refractivity contribution is -0.114. The molecule has 31 heavy (non-hydrogen) atoms. The Morgan fingerprint density at radius 1 is 0.968 bits per heavy atom. The minimum Gasteiger partial charge on any atom is -0.492 e. The summed E-state index contributed by atoms with van der Waals surface area (Å²) < 4.78 is 7.72. The van der Waals surface area contributed by atoms with E-state index in [0.29, 0.717) is 29.9 Å². The van der Waals surface area contributed by atoms with Crippen molar-refractivity contribution in [2.45, 2.75) is 20.3 Å². The zero-order valence-corrected chi connectivity index (χ0v) is 17.6. The topological polar surface area (TPSA) is 73.8 Å². The molecule has 4 rings (SSSR count). The van der Waals surface area contributed by atoms with Crippen LogP contribution in [0.3, 0.4) is 0 Å². The maximum absolute atomic E-state index is 12.7.